The van der Waals surface area contributed by atoms with Crippen molar-refractivity contribution >= 4 is 43.5 Å². The number of aryl methyl sites for hydroxylation is 3. The van der Waals surface area contributed by atoms with Gasteiger partial charge in [-0.05, 0) is 92.7 Å². The quantitative estimate of drug-likeness (QED) is 0.172. The molecule has 346 valence electrons. The number of furan rings is 1. The molecule has 2 heterocycles. The van der Waals surface area contributed by atoms with Gasteiger partial charge in [-0.25, -0.2) is 0 Å². The van der Waals surface area contributed by atoms with E-state index in [1.54, 1.807) is 0 Å². The Kier molecular flexibility index (Phi) is 10.2. The van der Waals surface area contributed by atoms with Gasteiger partial charge in [-0.15, -0.1) is 0 Å². The minimum Gasteiger partial charge on any atom is -0.455 e. The van der Waals surface area contributed by atoms with Crippen LogP contribution in [0.15, 0.2) is 229 Å². The molecule has 15 rings (SSSR count). The van der Waals surface area contributed by atoms with Gasteiger partial charge >= 0.3 is 0 Å². The highest BCUT2D eigenvalue weighted by molar-refractivity contribution is 6.09. The average molecular weight is 927 g/mol. The Morgan fingerprint density at radius 2 is 0.903 bits per heavy atom. The SMILES string of the molecule is CCc1ccc2c(c1)C(C)(C)c1ccccc1-2.Cc1ccc(-c2cccc3c2oc2ccccc23)cc1.Cc1ccc2c(c1)C1(c3ccccc3-2)c2ccc3ccccc3c2Oc2c1ccc1ccccc21. The smallest absolute Gasteiger partial charge is 0.143 e. The number of benzene rings is 11. The standard InChI is InChI=1S/C34H22O.C19H14O.C17H18/c1-21-14-17-27-26-12-6-7-13-28(26)34(31(27)20-21)29-18-15-22-8-2-4-10-24(22)32(29)35-33-25-11-5-3-9-23(25)16-19-30(33)34;1-13-9-11-14(12-10-13)15-6-4-7-17-16-5-2-3-8-18(16)20-19(15)17;1-4-12-9-10-14-13-7-5-6-8-15(13)17(2,3)16(14)11-12/h2-20H,1H3;2-12H,1H3;5-11H,4H2,1-3H3. The van der Waals surface area contributed by atoms with E-state index in [1.165, 1.54) is 99.4 Å². The van der Waals surface area contributed by atoms with Crippen LogP contribution in [-0.4, -0.2) is 0 Å². The maximum atomic E-state index is 6.95. The van der Waals surface area contributed by atoms with E-state index < -0.39 is 5.41 Å². The summed E-state index contributed by atoms with van der Waals surface area (Å²) in [6.45, 7) is 11.2. The summed E-state index contributed by atoms with van der Waals surface area (Å²) in [5.41, 5.74) is 21.5. The van der Waals surface area contributed by atoms with Crippen molar-refractivity contribution in [2.75, 3.05) is 0 Å². The number of fused-ring (bicyclic) bond motifs is 19. The summed E-state index contributed by atoms with van der Waals surface area (Å²) in [5, 5.41) is 7.06. The fraction of sp³-hybridized carbons (Fsp3) is 0.114. The molecule has 0 saturated carbocycles. The summed E-state index contributed by atoms with van der Waals surface area (Å²) >= 11 is 0. The van der Waals surface area contributed by atoms with Crippen molar-refractivity contribution in [3.63, 3.8) is 0 Å². The molecule has 1 aromatic heterocycles. The second kappa shape index (κ2) is 16.9. The van der Waals surface area contributed by atoms with Gasteiger partial charge in [-0.2, -0.15) is 0 Å². The number of hydrogen-bond acceptors (Lipinski definition) is 2. The fourth-order valence-electron chi connectivity index (χ4n) is 12.2. The van der Waals surface area contributed by atoms with Gasteiger partial charge in [0.25, 0.3) is 0 Å². The highest BCUT2D eigenvalue weighted by Crippen LogP contribution is 2.64. The van der Waals surface area contributed by atoms with Gasteiger partial charge in [0, 0.05) is 43.7 Å². The van der Waals surface area contributed by atoms with Gasteiger partial charge in [-0.3, -0.25) is 0 Å². The molecule has 0 radical (unpaired) electrons. The summed E-state index contributed by atoms with van der Waals surface area (Å²) in [6.07, 6.45) is 1.11. The molecule has 0 saturated heterocycles. The van der Waals surface area contributed by atoms with Crippen LogP contribution < -0.4 is 4.74 Å². The molecule has 2 heteroatoms. The zero-order valence-corrected chi connectivity index (χ0v) is 41.4. The maximum Gasteiger partial charge on any atom is 0.143 e. The lowest BCUT2D eigenvalue weighted by Gasteiger charge is -2.40. The lowest BCUT2D eigenvalue weighted by molar-refractivity contribution is 0.447. The van der Waals surface area contributed by atoms with E-state index in [0.29, 0.717) is 0 Å². The van der Waals surface area contributed by atoms with Gasteiger partial charge < -0.3 is 9.15 Å². The molecule has 3 aliphatic rings. The molecule has 0 unspecified atom stereocenters. The van der Waals surface area contributed by atoms with E-state index in [1.807, 2.05) is 12.1 Å². The van der Waals surface area contributed by atoms with E-state index >= 15 is 0 Å². The minimum absolute atomic E-state index is 0.150. The largest absolute Gasteiger partial charge is 0.455 e. The van der Waals surface area contributed by atoms with E-state index in [0.717, 1.165) is 45.4 Å². The molecule has 0 amide bonds. The molecule has 11 aromatic carbocycles. The van der Waals surface area contributed by atoms with Crippen molar-refractivity contribution in [3.8, 4) is 44.9 Å². The zero-order valence-electron chi connectivity index (χ0n) is 41.4. The molecule has 2 nitrogen and oxygen atoms in total. The second-order valence-electron chi connectivity index (χ2n) is 20.3. The van der Waals surface area contributed by atoms with Crippen molar-refractivity contribution < 1.29 is 9.15 Å². The Morgan fingerprint density at radius 3 is 1.60 bits per heavy atom. The topological polar surface area (TPSA) is 22.4 Å². The fourth-order valence-corrected chi connectivity index (χ4v) is 12.2. The van der Waals surface area contributed by atoms with Crippen LogP contribution in [0.3, 0.4) is 0 Å². The average Bonchev–Trinajstić information content (AvgIpc) is 4.02. The minimum atomic E-state index is -0.436. The van der Waals surface area contributed by atoms with Gasteiger partial charge in [0.2, 0.25) is 0 Å². The molecule has 1 aliphatic heterocycles. The maximum absolute atomic E-state index is 6.95. The Hall–Kier alpha value is -8.46. The van der Waals surface area contributed by atoms with Crippen molar-refractivity contribution in [1.29, 1.82) is 0 Å². The first-order valence-electron chi connectivity index (χ1n) is 25.4. The summed E-state index contributed by atoms with van der Waals surface area (Å²) in [5.74, 6) is 1.94. The first kappa shape index (κ1) is 43.6. The van der Waals surface area contributed by atoms with Crippen LogP contribution in [0.4, 0.5) is 0 Å². The summed E-state index contributed by atoms with van der Waals surface area (Å²) in [7, 11) is 0. The highest BCUT2D eigenvalue weighted by atomic mass is 16.5. The number of hydrogen-bond donors (Lipinski definition) is 0. The van der Waals surface area contributed by atoms with E-state index in [4.69, 9.17) is 9.15 Å². The van der Waals surface area contributed by atoms with E-state index in [2.05, 4.69) is 247 Å². The molecule has 12 aromatic rings. The normalized spacial score (nSPS) is 13.7. The zero-order chi connectivity index (χ0) is 48.7. The van der Waals surface area contributed by atoms with Crippen LogP contribution in [0.5, 0.6) is 11.5 Å². The molecular weight excluding hydrogens is 873 g/mol. The highest BCUT2D eigenvalue weighted by Gasteiger charge is 2.51. The summed E-state index contributed by atoms with van der Waals surface area (Å²) in [4.78, 5) is 0. The molecule has 2 aliphatic carbocycles. The van der Waals surface area contributed by atoms with Crippen LogP contribution in [0, 0.1) is 13.8 Å². The molecule has 1 spiro atoms. The van der Waals surface area contributed by atoms with Gasteiger partial charge in [0.05, 0.1) is 5.41 Å². The Balaban J connectivity index is 0.000000115. The molecule has 0 atom stereocenters. The first-order valence-corrected chi connectivity index (χ1v) is 25.4. The predicted octanol–water partition coefficient (Wildman–Crippen LogP) is 18.9. The van der Waals surface area contributed by atoms with Crippen LogP contribution in [0.1, 0.15) is 70.8 Å². The van der Waals surface area contributed by atoms with E-state index in [-0.39, 0.29) is 5.41 Å². The van der Waals surface area contributed by atoms with Crippen LogP contribution >= 0.6 is 0 Å². The first-order chi connectivity index (χ1) is 35.2. The molecule has 0 N–H and O–H groups in total. The third-order valence-electron chi connectivity index (χ3n) is 15.8. The third kappa shape index (κ3) is 6.62. The summed E-state index contributed by atoms with van der Waals surface area (Å²) < 4.78 is 13.0. The van der Waals surface area contributed by atoms with E-state index in [9.17, 15) is 0 Å². The molecule has 72 heavy (non-hydrogen) atoms. The Morgan fingerprint density at radius 1 is 0.375 bits per heavy atom. The molecule has 0 fully saturated rings. The number of rotatable bonds is 2. The summed E-state index contributed by atoms with van der Waals surface area (Å²) in [6, 6.07) is 80.9. The van der Waals surface area contributed by atoms with Crippen LogP contribution in [0.2, 0.25) is 0 Å². The number of para-hydroxylation sites is 2. The van der Waals surface area contributed by atoms with Crippen LogP contribution in [-0.2, 0) is 17.3 Å². The lowest BCUT2D eigenvalue weighted by atomic mass is 9.65. The Bertz CT molecular complexity index is 4020. The van der Waals surface area contributed by atoms with Crippen molar-refractivity contribution in [2.45, 2.75) is 51.9 Å². The monoisotopic (exact) mass is 926 g/mol. The lowest BCUT2D eigenvalue weighted by Crippen LogP contribution is -2.32. The van der Waals surface area contributed by atoms with Crippen molar-refractivity contribution in [1.82, 2.24) is 0 Å². The van der Waals surface area contributed by atoms with Gasteiger partial charge in [0.1, 0.15) is 22.7 Å². The van der Waals surface area contributed by atoms with Crippen LogP contribution in [0.25, 0.3) is 76.9 Å². The number of ether oxygens (including phenoxy) is 1. The van der Waals surface area contributed by atoms with Crippen molar-refractivity contribution in [3.05, 3.63) is 275 Å². The van der Waals surface area contributed by atoms with Crippen molar-refractivity contribution in [2.24, 2.45) is 0 Å². The van der Waals surface area contributed by atoms with Gasteiger partial charge in [0.15, 0.2) is 0 Å². The Labute approximate surface area is 421 Å². The third-order valence-corrected chi connectivity index (χ3v) is 15.8. The molecule has 0 bridgehead atoms. The second-order valence-corrected chi connectivity index (χ2v) is 20.3. The predicted molar refractivity (Wildman–Crippen MR) is 301 cm³/mol. The van der Waals surface area contributed by atoms with Gasteiger partial charge in [-0.1, -0.05) is 250 Å². The molecular formula is C70H54O2.